The summed E-state index contributed by atoms with van der Waals surface area (Å²) in [7, 11) is 0. The summed E-state index contributed by atoms with van der Waals surface area (Å²) in [6.07, 6.45) is 0. The smallest absolute Gasteiger partial charge is 0.251 e. The fourth-order valence-electron chi connectivity index (χ4n) is 1.04. The monoisotopic (exact) mass is 206 g/mol. The Bertz CT molecular complexity index is 370. The first-order valence-electron chi connectivity index (χ1n) is 4.59. The van der Waals surface area contributed by atoms with Crippen molar-refractivity contribution in [3.8, 4) is 0 Å². The van der Waals surface area contributed by atoms with Gasteiger partial charge in [-0.3, -0.25) is 4.79 Å². The standard InChI is InChI=1S/C11H13NO3/c1-7-3-5-9(6-4-7)10(13)12-8(2)11(14)15/h3-6,8H,1-2H3,(H,12,13)(H,14,15)/p-1/t8-/m1/s1. The van der Waals surface area contributed by atoms with Crippen LogP contribution in [-0.2, 0) is 4.79 Å². The van der Waals surface area contributed by atoms with Crippen molar-refractivity contribution in [2.45, 2.75) is 19.9 Å². The lowest BCUT2D eigenvalue weighted by Gasteiger charge is -2.14. The quantitative estimate of drug-likeness (QED) is 0.748. The Morgan fingerprint density at radius 3 is 2.27 bits per heavy atom. The second-order valence-electron chi connectivity index (χ2n) is 3.38. The molecule has 0 fully saturated rings. The predicted molar refractivity (Wildman–Crippen MR) is 53.1 cm³/mol. The molecule has 4 heteroatoms. The van der Waals surface area contributed by atoms with Crippen molar-refractivity contribution in [1.82, 2.24) is 5.32 Å². The Labute approximate surface area is 87.9 Å². The predicted octanol–water partition coefficient (Wildman–Crippen LogP) is -0.137. The summed E-state index contributed by atoms with van der Waals surface area (Å²) in [5, 5.41) is 12.7. The summed E-state index contributed by atoms with van der Waals surface area (Å²) >= 11 is 0. The summed E-state index contributed by atoms with van der Waals surface area (Å²) in [6.45, 7) is 3.27. The molecule has 0 radical (unpaired) electrons. The molecule has 0 saturated carbocycles. The highest BCUT2D eigenvalue weighted by atomic mass is 16.4. The first-order valence-corrected chi connectivity index (χ1v) is 4.59. The molecule has 80 valence electrons. The highest BCUT2D eigenvalue weighted by Gasteiger charge is 2.09. The third-order valence-corrected chi connectivity index (χ3v) is 2.01. The van der Waals surface area contributed by atoms with Gasteiger partial charge >= 0.3 is 0 Å². The largest absolute Gasteiger partial charge is 0.548 e. The van der Waals surface area contributed by atoms with Crippen LogP contribution in [-0.4, -0.2) is 17.9 Å². The number of carboxylic acids is 1. The van der Waals surface area contributed by atoms with Crippen molar-refractivity contribution in [1.29, 1.82) is 0 Å². The van der Waals surface area contributed by atoms with Crippen LogP contribution in [0.1, 0.15) is 22.8 Å². The molecule has 4 nitrogen and oxygen atoms in total. The summed E-state index contributed by atoms with van der Waals surface area (Å²) in [6, 6.07) is 5.88. The molecule has 0 unspecified atom stereocenters. The van der Waals surface area contributed by atoms with Gasteiger partial charge in [0.05, 0.1) is 12.0 Å². The van der Waals surface area contributed by atoms with Crippen LogP contribution in [0.25, 0.3) is 0 Å². The number of benzene rings is 1. The minimum Gasteiger partial charge on any atom is -0.548 e. The first kappa shape index (κ1) is 11.2. The number of carboxylic acid groups (broad SMARTS) is 1. The SMILES string of the molecule is Cc1ccc(C(=O)N[C@H](C)C(=O)[O-])cc1. The number of hydrogen-bond acceptors (Lipinski definition) is 3. The lowest BCUT2D eigenvalue weighted by Crippen LogP contribution is -2.45. The Kier molecular flexibility index (Phi) is 3.44. The van der Waals surface area contributed by atoms with Gasteiger partial charge < -0.3 is 15.2 Å². The molecule has 1 rings (SSSR count). The Balaban J connectivity index is 2.69. The maximum Gasteiger partial charge on any atom is 0.251 e. The number of carbonyl (C=O) groups excluding carboxylic acids is 2. The topological polar surface area (TPSA) is 69.2 Å². The minimum absolute atomic E-state index is 0.410. The van der Waals surface area contributed by atoms with Crippen LogP contribution in [0.5, 0.6) is 0 Å². The van der Waals surface area contributed by atoms with E-state index in [2.05, 4.69) is 5.32 Å². The molecule has 0 saturated heterocycles. The first-order chi connectivity index (χ1) is 7.00. The van der Waals surface area contributed by atoms with E-state index in [0.29, 0.717) is 5.56 Å². The van der Waals surface area contributed by atoms with E-state index < -0.39 is 17.9 Å². The van der Waals surface area contributed by atoms with Crippen LogP contribution < -0.4 is 10.4 Å². The molecule has 1 aromatic carbocycles. The summed E-state index contributed by atoms with van der Waals surface area (Å²) in [5.41, 5.74) is 1.48. The highest BCUT2D eigenvalue weighted by Crippen LogP contribution is 2.02. The van der Waals surface area contributed by atoms with Gasteiger partial charge in [0.15, 0.2) is 0 Å². The van der Waals surface area contributed by atoms with Crippen molar-refractivity contribution in [3.05, 3.63) is 35.4 Å². The van der Waals surface area contributed by atoms with Crippen molar-refractivity contribution < 1.29 is 14.7 Å². The van der Waals surface area contributed by atoms with Crippen LogP contribution in [0.4, 0.5) is 0 Å². The Morgan fingerprint density at radius 1 is 1.27 bits per heavy atom. The van der Waals surface area contributed by atoms with Crippen LogP contribution in [0, 0.1) is 6.92 Å². The van der Waals surface area contributed by atoms with E-state index in [4.69, 9.17) is 0 Å². The van der Waals surface area contributed by atoms with Crippen molar-refractivity contribution in [2.75, 3.05) is 0 Å². The van der Waals surface area contributed by atoms with Gasteiger partial charge in [0.25, 0.3) is 5.91 Å². The molecule has 0 bridgehead atoms. The van der Waals surface area contributed by atoms with Crippen LogP contribution >= 0.6 is 0 Å². The summed E-state index contributed by atoms with van der Waals surface area (Å²) in [4.78, 5) is 21.9. The molecule has 0 spiro atoms. The van der Waals surface area contributed by atoms with Gasteiger partial charge in [0.2, 0.25) is 0 Å². The van der Waals surface area contributed by atoms with Crippen LogP contribution in [0.3, 0.4) is 0 Å². The Hall–Kier alpha value is -1.84. The molecular weight excluding hydrogens is 194 g/mol. The van der Waals surface area contributed by atoms with Gasteiger partial charge in [-0.2, -0.15) is 0 Å². The average molecular weight is 206 g/mol. The number of amides is 1. The van der Waals surface area contributed by atoms with E-state index in [1.807, 2.05) is 6.92 Å². The normalized spacial score (nSPS) is 11.9. The van der Waals surface area contributed by atoms with Crippen molar-refractivity contribution in [2.24, 2.45) is 0 Å². The van der Waals surface area contributed by atoms with E-state index in [-0.39, 0.29) is 0 Å². The number of carbonyl (C=O) groups is 2. The molecule has 0 aromatic heterocycles. The zero-order valence-corrected chi connectivity index (χ0v) is 8.61. The van der Waals surface area contributed by atoms with Gasteiger partial charge in [-0.1, -0.05) is 17.7 Å². The van der Waals surface area contributed by atoms with Crippen molar-refractivity contribution in [3.63, 3.8) is 0 Å². The number of rotatable bonds is 3. The lowest BCUT2D eigenvalue weighted by atomic mass is 10.1. The maximum atomic E-state index is 11.5. The molecule has 0 heterocycles. The summed E-state index contributed by atoms with van der Waals surface area (Å²) in [5.74, 6) is -1.71. The second-order valence-corrected chi connectivity index (χ2v) is 3.38. The number of nitrogens with one attached hydrogen (secondary N) is 1. The average Bonchev–Trinajstić information content (AvgIpc) is 2.18. The highest BCUT2D eigenvalue weighted by molar-refractivity contribution is 5.96. The molecule has 1 atom stereocenters. The number of aryl methyl sites for hydroxylation is 1. The zero-order valence-electron chi connectivity index (χ0n) is 8.61. The molecule has 15 heavy (non-hydrogen) atoms. The molecule has 1 N–H and O–H groups in total. The van der Waals surface area contributed by atoms with Crippen LogP contribution in [0.2, 0.25) is 0 Å². The lowest BCUT2D eigenvalue weighted by molar-refractivity contribution is -0.307. The molecule has 0 aliphatic carbocycles. The zero-order chi connectivity index (χ0) is 11.4. The fourth-order valence-corrected chi connectivity index (χ4v) is 1.04. The summed E-state index contributed by atoms with van der Waals surface area (Å²) < 4.78 is 0. The van der Waals surface area contributed by atoms with E-state index in [0.717, 1.165) is 5.56 Å². The molecule has 1 amide bonds. The fraction of sp³-hybridized carbons (Fsp3) is 0.273. The maximum absolute atomic E-state index is 11.5. The van der Waals surface area contributed by atoms with E-state index in [1.165, 1.54) is 6.92 Å². The van der Waals surface area contributed by atoms with Gasteiger partial charge in [0.1, 0.15) is 0 Å². The molecule has 0 aliphatic rings. The third-order valence-electron chi connectivity index (χ3n) is 2.01. The number of aliphatic carboxylic acids is 1. The van der Waals surface area contributed by atoms with Gasteiger partial charge in [-0.15, -0.1) is 0 Å². The van der Waals surface area contributed by atoms with Gasteiger partial charge in [0, 0.05) is 5.56 Å². The van der Waals surface area contributed by atoms with E-state index >= 15 is 0 Å². The van der Waals surface area contributed by atoms with E-state index in [1.54, 1.807) is 24.3 Å². The minimum atomic E-state index is -1.30. The van der Waals surface area contributed by atoms with Crippen molar-refractivity contribution >= 4 is 11.9 Å². The number of hydrogen-bond donors (Lipinski definition) is 1. The van der Waals surface area contributed by atoms with Crippen LogP contribution in [0.15, 0.2) is 24.3 Å². The molecular formula is C11H12NO3-. The Morgan fingerprint density at radius 2 is 1.80 bits per heavy atom. The molecule has 1 aromatic rings. The second kappa shape index (κ2) is 4.59. The van der Waals surface area contributed by atoms with E-state index in [9.17, 15) is 14.7 Å². The third kappa shape index (κ3) is 3.09. The van der Waals surface area contributed by atoms with Gasteiger partial charge in [-0.05, 0) is 26.0 Å². The molecule has 0 aliphatic heterocycles. The van der Waals surface area contributed by atoms with Gasteiger partial charge in [-0.25, -0.2) is 0 Å².